The van der Waals surface area contributed by atoms with Gasteiger partial charge in [0.1, 0.15) is 5.75 Å². The Hall–Kier alpha value is -0.750. The molecule has 1 fully saturated rings. The second kappa shape index (κ2) is 13.4. The quantitative estimate of drug-likeness (QED) is 0.465. The summed E-state index contributed by atoms with van der Waals surface area (Å²) >= 11 is -0.845. The zero-order valence-electron chi connectivity index (χ0n) is 15.7. The maximum atomic E-state index is 12.2. The second-order valence-corrected chi connectivity index (χ2v) is 8.24. The van der Waals surface area contributed by atoms with Crippen LogP contribution in [0.3, 0.4) is 0 Å². The number of nitrogens with zero attached hydrogens (tertiary/aromatic N) is 2. The predicted molar refractivity (Wildman–Crippen MR) is 120 cm³/mol. The predicted octanol–water partition coefficient (Wildman–Crippen LogP) is 4.24. The van der Waals surface area contributed by atoms with Gasteiger partial charge in [0, 0.05) is 32.7 Å². The molecule has 1 atom stereocenters. The fraction of sp³-hybridized carbons (Fsp3) is 0.429. The van der Waals surface area contributed by atoms with Crippen LogP contribution < -0.4 is 0 Å². The summed E-state index contributed by atoms with van der Waals surface area (Å²) in [7, 11) is 0. The number of hydrogen-bond donors (Lipinski definition) is 0. The summed E-state index contributed by atoms with van der Waals surface area (Å²) in [6.07, 6.45) is 2.17. The number of benzene rings is 2. The Morgan fingerprint density at radius 3 is 1.93 bits per heavy atom. The van der Waals surface area contributed by atoms with Gasteiger partial charge in [0.2, 0.25) is 0 Å². The molecule has 27 heavy (non-hydrogen) atoms. The topological polar surface area (TPSA) is 29.5 Å². The molecule has 2 aromatic rings. The molecule has 150 valence electrons. The molecule has 0 N–H and O–H groups in total. The van der Waals surface area contributed by atoms with E-state index in [1.54, 1.807) is 0 Å². The number of halogens is 2. The van der Waals surface area contributed by atoms with Crippen molar-refractivity contribution >= 4 is 36.0 Å². The highest BCUT2D eigenvalue weighted by Crippen LogP contribution is 2.13. The van der Waals surface area contributed by atoms with Gasteiger partial charge in [-0.3, -0.25) is 4.90 Å². The van der Waals surface area contributed by atoms with Crippen LogP contribution in [0.1, 0.15) is 18.4 Å². The molecule has 0 aromatic heterocycles. The Balaban J connectivity index is 0.00000182. The van der Waals surface area contributed by atoms with E-state index in [0.717, 1.165) is 62.8 Å². The van der Waals surface area contributed by atoms with Crippen LogP contribution in [0.4, 0.5) is 0 Å². The van der Waals surface area contributed by atoms with E-state index in [2.05, 4.69) is 40.1 Å². The van der Waals surface area contributed by atoms with Crippen molar-refractivity contribution in [3.63, 3.8) is 0 Å². The van der Waals surface area contributed by atoms with Crippen LogP contribution in [0.25, 0.3) is 0 Å². The summed E-state index contributed by atoms with van der Waals surface area (Å²) in [5.74, 6) is 0.776. The minimum absolute atomic E-state index is 0. The normalized spacial score (nSPS) is 16.2. The lowest BCUT2D eigenvalue weighted by molar-refractivity contribution is 0.126. The van der Waals surface area contributed by atoms with E-state index in [1.165, 1.54) is 5.56 Å². The highest BCUT2D eigenvalue weighted by molar-refractivity contribution is 7.91. The molecule has 6 heteroatoms. The van der Waals surface area contributed by atoms with Gasteiger partial charge in [-0.05, 0) is 48.3 Å². The fourth-order valence-electron chi connectivity index (χ4n) is 3.27. The first kappa shape index (κ1) is 24.3. The van der Waals surface area contributed by atoms with Crippen LogP contribution in [-0.4, -0.2) is 52.8 Å². The van der Waals surface area contributed by atoms with Crippen molar-refractivity contribution in [2.24, 2.45) is 0 Å². The molecule has 0 spiro atoms. The summed E-state index contributed by atoms with van der Waals surface area (Å²) in [4.78, 5) is 6.04. The first-order chi connectivity index (χ1) is 12.3. The lowest BCUT2D eigenvalue weighted by Gasteiger charge is -2.34. The third-order valence-electron chi connectivity index (χ3n) is 4.77. The molecule has 3 rings (SSSR count). The first-order valence-electron chi connectivity index (χ1n) is 9.23. The lowest BCUT2D eigenvalue weighted by atomic mass is 10.2. The molecule has 0 amide bonds. The minimum Gasteiger partial charge on any atom is -0.611 e. The fourth-order valence-corrected chi connectivity index (χ4v) is 4.43. The van der Waals surface area contributed by atoms with Crippen LogP contribution >= 0.6 is 24.8 Å². The molecule has 1 heterocycles. The molecule has 0 bridgehead atoms. The molecule has 3 nitrogen and oxygen atoms in total. The first-order valence-corrected chi connectivity index (χ1v) is 10.6. The molecule has 1 aliphatic heterocycles. The van der Waals surface area contributed by atoms with Gasteiger partial charge >= 0.3 is 0 Å². The minimum atomic E-state index is -0.845. The van der Waals surface area contributed by atoms with Crippen molar-refractivity contribution < 1.29 is 4.55 Å². The molecule has 0 saturated carbocycles. The van der Waals surface area contributed by atoms with Crippen molar-refractivity contribution in [1.29, 1.82) is 0 Å². The molecule has 0 aliphatic carbocycles. The van der Waals surface area contributed by atoms with Gasteiger partial charge in [-0.25, -0.2) is 0 Å². The Bertz CT molecular complexity index is 610. The Morgan fingerprint density at radius 2 is 1.30 bits per heavy atom. The summed E-state index contributed by atoms with van der Waals surface area (Å²) in [6.45, 7) is 6.77. The third-order valence-corrected chi connectivity index (χ3v) is 6.23. The monoisotopic (exact) mass is 428 g/mol. The Labute approximate surface area is 179 Å². The summed E-state index contributed by atoms with van der Waals surface area (Å²) in [6, 6.07) is 20.5. The lowest BCUT2D eigenvalue weighted by Crippen LogP contribution is -2.46. The third kappa shape index (κ3) is 8.43. The molecular weight excluding hydrogens is 399 g/mol. The van der Waals surface area contributed by atoms with Crippen molar-refractivity contribution in [2.75, 3.05) is 38.5 Å². The molecule has 2 aromatic carbocycles. The Morgan fingerprint density at radius 1 is 0.741 bits per heavy atom. The van der Waals surface area contributed by atoms with E-state index in [1.807, 2.05) is 30.3 Å². The SMILES string of the molecule is Cl.Cl.[O-][S+](CCCCN1CCN(Cc2ccccc2)CC1)c1ccccc1. The van der Waals surface area contributed by atoms with Crippen molar-refractivity contribution in [1.82, 2.24) is 9.80 Å². The maximum Gasteiger partial charge on any atom is 0.152 e. The van der Waals surface area contributed by atoms with Gasteiger partial charge in [-0.2, -0.15) is 0 Å². The number of unbranched alkanes of at least 4 members (excludes halogenated alkanes) is 1. The molecular formula is C21H30Cl2N2OS. The van der Waals surface area contributed by atoms with Crippen LogP contribution in [-0.2, 0) is 17.7 Å². The number of piperazine rings is 1. The average molecular weight is 429 g/mol. The standard InChI is InChI=1S/C21H28N2OS.2ClH/c24-25(21-11-5-2-6-12-21)18-8-7-13-22-14-16-23(17-15-22)19-20-9-3-1-4-10-20;;/h1-6,9-12H,7-8,13-19H2;2*1H. The van der Waals surface area contributed by atoms with Crippen LogP contribution in [0, 0.1) is 0 Å². The molecule has 1 aliphatic rings. The highest BCUT2D eigenvalue weighted by atomic mass is 35.5. The van der Waals surface area contributed by atoms with E-state index in [-0.39, 0.29) is 24.8 Å². The van der Waals surface area contributed by atoms with E-state index >= 15 is 0 Å². The van der Waals surface area contributed by atoms with Crippen molar-refractivity contribution in [3.8, 4) is 0 Å². The summed E-state index contributed by atoms with van der Waals surface area (Å²) in [5, 5.41) is 0. The Kier molecular flexibility index (Phi) is 12.1. The molecule has 0 radical (unpaired) electrons. The van der Waals surface area contributed by atoms with Gasteiger partial charge in [-0.15, -0.1) is 24.8 Å². The smallest absolute Gasteiger partial charge is 0.152 e. The van der Waals surface area contributed by atoms with Gasteiger partial charge in [0.25, 0.3) is 0 Å². The van der Waals surface area contributed by atoms with Crippen LogP contribution in [0.5, 0.6) is 0 Å². The number of hydrogen-bond acceptors (Lipinski definition) is 3. The zero-order valence-corrected chi connectivity index (χ0v) is 18.1. The van der Waals surface area contributed by atoms with Gasteiger partial charge in [0.15, 0.2) is 4.90 Å². The van der Waals surface area contributed by atoms with Gasteiger partial charge in [0.05, 0.1) is 0 Å². The average Bonchev–Trinajstić information content (AvgIpc) is 2.68. The van der Waals surface area contributed by atoms with Crippen molar-refractivity contribution in [2.45, 2.75) is 24.3 Å². The van der Waals surface area contributed by atoms with E-state index < -0.39 is 11.2 Å². The largest absolute Gasteiger partial charge is 0.611 e. The zero-order chi connectivity index (χ0) is 17.3. The second-order valence-electron chi connectivity index (χ2n) is 6.67. The van der Waals surface area contributed by atoms with Crippen LogP contribution in [0.15, 0.2) is 65.6 Å². The summed E-state index contributed by atoms with van der Waals surface area (Å²) < 4.78 is 12.2. The number of rotatable bonds is 8. The summed E-state index contributed by atoms with van der Waals surface area (Å²) in [5.41, 5.74) is 1.40. The van der Waals surface area contributed by atoms with Gasteiger partial charge in [-0.1, -0.05) is 48.5 Å². The van der Waals surface area contributed by atoms with Crippen LogP contribution in [0.2, 0.25) is 0 Å². The molecule has 1 unspecified atom stereocenters. The van der Waals surface area contributed by atoms with E-state index in [0.29, 0.717) is 0 Å². The van der Waals surface area contributed by atoms with E-state index in [4.69, 9.17) is 0 Å². The van der Waals surface area contributed by atoms with Gasteiger partial charge < -0.3 is 9.45 Å². The highest BCUT2D eigenvalue weighted by Gasteiger charge is 2.17. The van der Waals surface area contributed by atoms with E-state index in [9.17, 15) is 4.55 Å². The maximum absolute atomic E-state index is 12.2. The molecule has 1 saturated heterocycles. The van der Waals surface area contributed by atoms with Crippen molar-refractivity contribution in [3.05, 3.63) is 66.2 Å².